The number of hydrogen-bond donors (Lipinski definition) is 2. The highest BCUT2D eigenvalue weighted by Crippen LogP contribution is 2.41. The lowest BCUT2D eigenvalue weighted by molar-refractivity contribution is -0.135. The van der Waals surface area contributed by atoms with Gasteiger partial charge < -0.3 is 14.9 Å². The van der Waals surface area contributed by atoms with E-state index in [9.17, 15) is 19.4 Å². The van der Waals surface area contributed by atoms with Crippen LogP contribution in [0.1, 0.15) is 11.1 Å². The quantitative estimate of drug-likeness (QED) is 0.753. The van der Waals surface area contributed by atoms with Gasteiger partial charge in [0.05, 0.1) is 17.7 Å². The second-order valence-electron chi connectivity index (χ2n) is 5.76. The number of aliphatic hydroxyl groups excluding tert-OH is 1. The number of phenols is 1. The van der Waals surface area contributed by atoms with Crippen LogP contribution >= 0.6 is 11.8 Å². The number of aliphatic imine (C=N–C) groups is 1. The van der Waals surface area contributed by atoms with Gasteiger partial charge in [0.2, 0.25) is 0 Å². The van der Waals surface area contributed by atoms with E-state index in [4.69, 9.17) is 4.74 Å². The molecule has 0 fully saturated rings. The van der Waals surface area contributed by atoms with Crippen molar-refractivity contribution in [1.82, 2.24) is 0 Å². The Labute approximate surface area is 159 Å². The number of ether oxygens (including phenoxy) is 1. The molecule has 138 valence electrons. The average molecular weight is 385 g/mol. The van der Waals surface area contributed by atoms with E-state index >= 15 is 0 Å². The third-order valence-corrected chi connectivity index (χ3v) is 4.84. The number of thioether (sulfide) groups is 1. The van der Waals surface area contributed by atoms with Crippen molar-refractivity contribution >= 4 is 34.5 Å². The standard InChI is InChI=1S/C20H16FNO4S/c1-11-5-3-7-13(9-11)22-19-16(20(25)26-2)18(24)15(27-19)10-12-6-4-8-14(21)17(12)23/h3-10,23-24H,1-2H3/b15-10+,22-19?. The zero-order valence-electron chi connectivity index (χ0n) is 14.6. The smallest absolute Gasteiger partial charge is 0.344 e. The van der Waals surface area contributed by atoms with Gasteiger partial charge >= 0.3 is 5.97 Å². The molecule has 2 N–H and O–H groups in total. The molecular weight excluding hydrogens is 369 g/mol. The maximum Gasteiger partial charge on any atom is 0.344 e. The van der Waals surface area contributed by atoms with Crippen LogP contribution in [-0.2, 0) is 9.53 Å². The van der Waals surface area contributed by atoms with Gasteiger partial charge in [-0.2, -0.15) is 0 Å². The first-order chi connectivity index (χ1) is 12.9. The molecule has 0 unspecified atom stereocenters. The molecule has 5 nitrogen and oxygen atoms in total. The van der Waals surface area contributed by atoms with Crippen molar-refractivity contribution in [2.75, 3.05) is 7.11 Å². The SMILES string of the molecule is COC(=O)C1=C(O)/C(=C\c2cccc(F)c2O)SC1=Nc1cccc(C)c1. The number of methoxy groups -OCH3 is 1. The molecule has 0 aromatic heterocycles. The largest absolute Gasteiger partial charge is 0.506 e. The Morgan fingerprint density at radius 3 is 2.67 bits per heavy atom. The number of carbonyl (C=O) groups is 1. The molecule has 0 saturated carbocycles. The molecule has 0 atom stereocenters. The fourth-order valence-electron chi connectivity index (χ4n) is 2.50. The van der Waals surface area contributed by atoms with E-state index in [-0.39, 0.29) is 26.8 Å². The predicted molar refractivity (Wildman–Crippen MR) is 104 cm³/mol. The van der Waals surface area contributed by atoms with E-state index in [0.29, 0.717) is 5.69 Å². The number of aliphatic hydroxyl groups is 1. The van der Waals surface area contributed by atoms with Gasteiger partial charge in [-0.05, 0) is 36.8 Å². The minimum Gasteiger partial charge on any atom is -0.506 e. The van der Waals surface area contributed by atoms with Gasteiger partial charge in [0.25, 0.3) is 0 Å². The summed E-state index contributed by atoms with van der Waals surface area (Å²) in [6.45, 7) is 1.91. The normalized spacial score (nSPS) is 17.0. The summed E-state index contributed by atoms with van der Waals surface area (Å²) < 4.78 is 18.3. The van der Waals surface area contributed by atoms with Crippen molar-refractivity contribution < 1.29 is 24.1 Å². The van der Waals surface area contributed by atoms with Gasteiger partial charge in [-0.25, -0.2) is 14.2 Å². The number of aryl methyl sites for hydroxylation is 1. The number of carbonyl (C=O) groups excluding carboxylic acids is 1. The highest BCUT2D eigenvalue weighted by molar-refractivity contribution is 8.18. The molecule has 2 aromatic rings. The molecule has 0 radical (unpaired) electrons. The van der Waals surface area contributed by atoms with Crippen molar-refractivity contribution in [2.24, 2.45) is 4.99 Å². The summed E-state index contributed by atoms with van der Waals surface area (Å²) >= 11 is 1.03. The lowest BCUT2D eigenvalue weighted by Crippen LogP contribution is -2.10. The van der Waals surface area contributed by atoms with Gasteiger partial charge in [-0.15, -0.1) is 0 Å². The van der Waals surface area contributed by atoms with Crippen LogP contribution in [0.3, 0.4) is 0 Å². The van der Waals surface area contributed by atoms with Crippen LogP contribution in [0.25, 0.3) is 6.08 Å². The van der Waals surface area contributed by atoms with Crippen molar-refractivity contribution in [2.45, 2.75) is 6.92 Å². The molecular formula is C20H16FNO4S. The highest BCUT2D eigenvalue weighted by atomic mass is 32.2. The zero-order valence-corrected chi connectivity index (χ0v) is 15.4. The number of aromatic hydroxyl groups is 1. The van der Waals surface area contributed by atoms with Crippen molar-refractivity contribution in [3.8, 4) is 5.75 Å². The first kappa shape index (κ1) is 18.7. The van der Waals surface area contributed by atoms with Gasteiger partial charge in [0.15, 0.2) is 11.6 Å². The third-order valence-electron chi connectivity index (χ3n) is 3.82. The van der Waals surface area contributed by atoms with E-state index in [1.165, 1.54) is 25.3 Å². The number of phenolic OH excluding ortho intramolecular Hbond substituents is 1. The molecule has 7 heteroatoms. The molecule has 0 amide bonds. The van der Waals surface area contributed by atoms with Gasteiger partial charge in [-0.3, -0.25) is 0 Å². The number of esters is 1. The molecule has 1 aliphatic rings. The van der Waals surface area contributed by atoms with Crippen LogP contribution in [0.5, 0.6) is 5.75 Å². The Balaban J connectivity index is 2.09. The van der Waals surface area contributed by atoms with E-state index in [1.807, 2.05) is 25.1 Å². The van der Waals surface area contributed by atoms with Crippen LogP contribution < -0.4 is 0 Å². The van der Waals surface area contributed by atoms with Crippen molar-refractivity contribution in [1.29, 1.82) is 0 Å². The third kappa shape index (κ3) is 3.88. The summed E-state index contributed by atoms with van der Waals surface area (Å²) in [6, 6.07) is 11.4. The van der Waals surface area contributed by atoms with Crippen LogP contribution in [0.2, 0.25) is 0 Å². The topological polar surface area (TPSA) is 79.1 Å². The Kier molecular flexibility index (Phi) is 5.32. The maximum absolute atomic E-state index is 13.6. The van der Waals surface area contributed by atoms with Crippen LogP contribution in [0.4, 0.5) is 10.1 Å². The highest BCUT2D eigenvalue weighted by Gasteiger charge is 2.33. The second-order valence-corrected chi connectivity index (χ2v) is 6.79. The van der Waals surface area contributed by atoms with Gasteiger partial charge in [0, 0.05) is 5.56 Å². The summed E-state index contributed by atoms with van der Waals surface area (Å²) in [4.78, 5) is 16.8. The molecule has 2 aromatic carbocycles. The Bertz CT molecular complexity index is 1010. The molecule has 27 heavy (non-hydrogen) atoms. The Hall–Kier alpha value is -3.06. The van der Waals surface area contributed by atoms with E-state index in [1.54, 1.807) is 6.07 Å². The van der Waals surface area contributed by atoms with Crippen LogP contribution in [-0.4, -0.2) is 28.3 Å². The number of hydrogen-bond acceptors (Lipinski definition) is 6. The molecule has 1 aliphatic heterocycles. The van der Waals surface area contributed by atoms with Gasteiger partial charge in [-0.1, -0.05) is 36.0 Å². The number of rotatable bonds is 3. The molecule has 0 spiro atoms. The summed E-state index contributed by atoms with van der Waals surface area (Å²) in [5, 5.41) is 20.6. The summed E-state index contributed by atoms with van der Waals surface area (Å²) in [6.07, 6.45) is 1.39. The fraction of sp³-hybridized carbons (Fsp3) is 0.100. The van der Waals surface area contributed by atoms with E-state index in [2.05, 4.69) is 4.99 Å². The van der Waals surface area contributed by atoms with Gasteiger partial charge in [0.1, 0.15) is 16.4 Å². The summed E-state index contributed by atoms with van der Waals surface area (Å²) in [7, 11) is 1.21. The first-order valence-electron chi connectivity index (χ1n) is 7.95. The monoisotopic (exact) mass is 385 g/mol. The number of halogens is 1. The average Bonchev–Trinajstić information content (AvgIpc) is 2.93. The molecule has 0 saturated heterocycles. The first-order valence-corrected chi connectivity index (χ1v) is 8.77. The summed E-state index contributed by atoms with van der Waals surface area (Å²) in [5.74, 6) is -2.39. The van der Waals surface area contributed by atoms with E-state index < -0.39 is 17.5 Å². The van der Waals surface area contributed by atoms with Crippen LogP contribution in [0.15, 0.2) is 63.7 Å². The Morgan fingerprint density at radius 1 is 1.22 bits per heavy atom. The fourth-order valence-corrected chi connectivity index (χ4v) is 3.52. The molecule has 0 aliphatic carbocycles. The van der Waals surface area contributed by atoms with E-state index in [0.717, 1.165) is 23.4 Å². The summed E-state index contributed by atoms with van der Waals surface area (Å²) in [5.41, 5.74) is 1.70. The molecule has 3 rings (SSSR count). The zero-order chi connectivity index (χ0) is 19.6. The predicted octanol–water partition coefficient (Wildman–Crippen LogP) is 4.64. The van der Waals surface area contributed by atoms with Crippen molar-refractivity contribution in [3.05, 3.63) is 75.6 Å². The Morgan fingerprint density at radius 2 is 1.96 bits per heavy atom. The van der Waals surface area contributed by atoms with Crippen molar-refractivity contribution in [3.63, 3.8) is 0 Å². The number of benzene rings is 2. The number of para-hydroxylation sites is 1. The lowest BCUT2D eigenvalue weighted by Gasteiger charge is -2.02. The second kappa shape index (κ2) is 7.67. The lowest BCUT2D eigenvalue weighted by atomic mass is 10.1. The number of nitrogens with zero attached hydrogens (tertiary/aromatic N) is 1. The minimum absolute atomic E-state index is 0.0776. The molecule has 0 bridgehead atoms. The minimum atomic E-state index is -0.780. The van der Waals surface area contributed by atoms with Crippen LogP contribution in [0, 0.1) is 12.7 Å². The molecule has 1 heterocycles. The maximum atomic E-state index is 13.6.